The number of pyridine rings is 1. The second kappa shape index (κ2) is 12.8. The summed E-state index contributed by atoms with van der Waals surface area (Å²) in [7, 11) is 5.25. The normalized spacial score (nSPS) is 25.4. The van der Waals surface area contributed by atoms with Crippen LogP contribution >= 0.6 is 24.0 Å². The summed E-state index contributed by atoms with van der Waals surface area (Å²) in [6.45, 7) is 2.70. The predicted molar refractivity (Wildman–Crippen MR) is 174 cm³/mol. The maximum Gasteiger partial charge on any atom is 0.447 e. The number of carbonyl (C=O) groups is 1. The number of likely N-dealkylation sites (tertiary alicyclic amines) is 2. The number of hydrogen-bond donors (Lipinski definition) is 2. The van der Waals surface area contributed by atoms with Gasteiger partial charge < -0.3 is 19.8 Å². The van der Waals surface area contributed by atoms with Gasteiger partial charge in [0, 0.05) is 56.3 Å². The van der Waals surface area contributed by atoms with Crippen LogP contribution in [0, 0.1) is 11.8 Å². The van der Waals surface area contributed by atoms with Crippen molar-refractivity contribution in [1.29, 1.82) is 0 Å². The Labute approximate surface area is 269 Å². The fourth-order valence-corrected chi connectivity index (χ4v) is 7.65. The van der Waals surface area contributed by atoms with Crippen molar-refractivity contribution in [2.75, 3.05) is 51.5 Å². The Morgan fingerprint density at radius 1 is 1.27 bits per heavy atom. The Morgan fingerprint density at radius 2 is 2.04 bits per heavy atom. The molecule has 3 unspecified atom stereocenters. The molecule has 2 saturated heterocycles. The zero-order chi connectivity index (χ0) is 32.6. The number of fused-ring (bicyclic) bond motifs is 1. The minimum absolute atomic E-state index is 0.0415. The molecule has 4 heterocycles. The third kappa shape index (κ3) is 6.25. The summed E-state index contributed by atoms with van der Waals surface area (Å²) in [5, 5.41) is 7.66. The molecule has 7 nitrogen and oxygen atoms in total. The van der Waals surface area contributed by atoms with Gasteiger partial charge in [-0.3, -0.25) is 4.90 Å². The summed E-state index contributed by atoms with van der Waals surface area (Å²) in [5.74, 6) is 5.95. The lowest BCUT2D eigenvalue weighted by molar-refractivity contribution is -0.854. The van der Waals surface area contributed by atoms with Crippen LogP contribution in [0.15, 0.2) is 47.6 Å². The Hall–Kier alpha value is -3.31. The molecule has 13 heteroatoms. The maximum atomic E-state index is 16.4. The number of nitrogens with zero attached hydrogens (tertiary/aromatic N) is 3. The number of anilines is 2. The number of ether oxygens (including phenoxy) is 1. The van der Waals surface area contributed by atoms with Crippen molar-refractivity contribution in [1.82, 2.24) is 9.30 Å². The number of amides is 1. The van der Waals surface area contributed by atoms with Gasteiger partial charge in [-0.05, 0) is 49.7 Å². The highest BCUT2D eigenvalue weighted by Gasteiger charge is 2.52. The van der Waals surface area contributed by atoms with Crippen LogP contribution in [0.1, 0.15) is 42.1 Å². The van der Waals surface area contributed by atoms with Gasteiger partial charge in [-0.15, -0.1) is 5.92 Å². The number of methoxy groups -OCH3 is 1. The highest BCUT2D eigenvalue weighted by molar-refractivity contribution is 8.00. The molecule has 0 saturated carbocycles. The van der Waals surface area contributed by atoms with E-state index in [2.05, 4.69) is 22.5 Å². The number of thioether (sulfide) groups is 1. The standard InChI is InChI=1S/C32H35F4N5O2S2/c1-5-8-21-17-25-23(9-6-14-40(25)29(21)45-32(34,35)36)38-31(20-44)13-15-39(19-27(31)33)28-10-7-16-41(28,3)30(42)22-11-12-24(37-2)26(18-22)43-4/h6,9,11-12,14,17-18,20,27-28,38H,7,10,13,15-16,19H2,1-4H3/p+1/t27-,28?,31?,41?/m0/s1. The van der Waals surface area contributed by atoms with Crippen LogP contribution in [-0.2, 0) is 0 Å². The summed E-state index contributed by atoms with van der Waals surface area (Å²) in [6, 6.07) is 10.2. The number of alkyl halides is 4. The molecule has 3 aromatic rings. The molecule has 240 valence electrons. The van der Waals surface area contributed by atoms with E-state index in [4.69, 9.17) is 17.0 Å². The molecule has 0 aliphatic carbocycles. The number of thiocarbonyl (C=S) groups is 1. The number of hydrogen-bond acceptors (Lipinski definition) is 7. The molecule has 2 aliphatic heterocycles. The Bertz CT molecular complexity index is 1670. The lowest BCUT2D eigenvalue weighted by Crippen LogP contribution is -2.66. The van der Waals surface area contributed by atoms with Gasteiger partial charge >= 0.3 is 11.4 Å². The van der Waals surface area contributed by atoms with Gasteiger partial charge in [0.2, 0.25) is 0 Å². The molecule has 2 N–H and O–H groups in total. The van der Waals surface area contributed by atoms with Crippen LogP contribution in [0.5, 0.6) is 5.75 Å². The van der Waals surface area contributed by atoms with E-state index in [0.29, 0.717) is 42.0 Å². The van der Waals surface area contributed by atoms with Gasteiger partial charge in [0.15, 0.2) is 6.17 Å². The molecule has 5 rings (SSSR count). The number of piperidine rings is 1. The first kappa shape index (κ1) is 33.1. The summed E-state index contributed by atoms with van der Waals surface area (Å²) in [6.07, 6.45) is 1.73. The Kier molecular flexibility index (Phi) is 9.43. The number of benzene rings is 1. The second-order valence-corrected chi connectivity index (χ2v) is 12.8. The minimum atomic E-state index is -4.51. The average Bonchev–Trinajstić information content (AvgIpc) is 3.58. The SMILES string of the molecule is CC#Cc1cc2c(NC3(C=S)CCN(C4CCC[N+]4(C)C(=O)c4ccc(NC)c(OC)c4)C[C@@H]3F)cccn2c1SC(F)(F)F. The lowest BCUT2D eigenvalue weighted by atomic mass is 9.86. The third-order valence-corrected chi connectivity index (χ3v) is 10.2. The molecule has 0 bridgehead atoms. The molecule has 1 amide bonds. The van der Waals surface area contributed by atoms with Gasteiger partial charge in [0.1, 0.15) is 16.9 Å². The fourth-order valence-electron chi connectivity index (χ4n) is 6.63. The van der Waals surface area contributed by atoms with Crippen molar-refractivity contribution >= 4 is 52.1 Å². The van der Waals surface area contributed by atoms with E-state index in [-0.39, 0.29) is 45.5 Å². The highest BCUT2D eigenvalue weighted by Crippen LogP contribution is 2.42. The third-order valence-electron chi connectivity index (χ3n) is 8.93. The Morgan fingerprint density at radius 3 is 2.69 bits per heavy atom. The monoisotopic (exact) mass is 662 g/mol. The topological polar surface area (TPSA) is 58.0 Å². The summed E-state index contributed by atoms with van der Waals surface area (Å²) >= 11 is 5.16. The lowest BCUT2D eigenvalue weighted by Gasteiger charge is -2.47. The van der Waals surface area contributed by atoms with Crippen molar-refractivity contribution in [3.05, 3.63) is 53.7 Å². The van der Waals surface area contributed by atoms with Crippen LogP contribution in [0.25, 0.3) is 5.52 Å². The number of aromatic nitrogens is 1. The first-order valence-corrected chi connectivity index (χ1v) is 15.9. The van der Waals surface area contributed by atoms with Crippen LogP contribution in [0.3, 0.4) is 0 Å². The predicted octanol–water partition coefficient (Wildman–Crippen LogP) is 6.57. The molecule has 0 radical (unpaired) electrons. The van der Waals surface area contributed by atoms with Gasteiger partial charge in [0.25, 0.3) is 0 Å². The summed E-state index contributed by atoms with van der Waals surface area (Å²) in [5.41, 5.74) is -3.32. The minimum Gasteiger partial charge on any atom is -0.495 e. The summed E-state index contributed by atoms with van der Waals surface area (Å²) < 4.78 is 63.7. The van der Waals surface area contributed by atoms with Crippen molar-refractivity contribution in [2.45, 2.75) is 54.6 Å². The molecule has 4 atom stereocenters. The van der Waals surface area contributed by atoms with E-state index < -0.39 is 17.2 Å². The quantitative estimate of drug-likeness (QED) is 0.0931. The van der Waals surface area contributed by atoms with Gasteiger partial charge in [-0.25, -0.2) is 13.7 Å². The molecular formula is C32H36F4N5O2S2+. The number of carbonyl (C=O) groups excluding carboxylic acids is 1. The van der Waals surface area contributed by atoms with E-state index in [1.54, 1.807) is 51.4 Å². The van der Waals surface area contributed by atoms with E-state index in [0.717, 1.165) is 18.5 Å². The van der Waals surface area contributed by atoms with Gasteiger partial charge in [0.05, 0.1) is 54.3 Å². The molecule has 45 heavy (non-hydrogen) atoms. The van der Waals surface area contributed by atoms with E-state index in [9.17, 15) is 18.0 Å². The average molecular weight is 663 g/mol. The zero-order valence-electron chi connectivity index (χ0n) is 25.5. The van der Waals surface area contributed by atoms with Crippen LogP contribution < -0.4 is 15.4 Å². The van der Waals surface area contributed by atoms with Gasteiger partial charge in [-0.1, -0.05) is 18.1 Å². The van der Waals surface area contributed by atoms with Crippen molar-refractivity contribution in [2.24, 2.45) is 0 Å². The molecule has 2 aromatic heterocycles. The number of halogens is 4. The molecule has 0 spiro atoms. The second-order valence-electron chi connectivity index (χ2n) is 11.5. The molecular weight excluding hydrogens is 627 g/mol. The Balaban J connectivity index is 1.39. The van der Waals surface area contributed by atoms with E-state index in [1.165, 1.54) is 16.0 Å². The van der Waals surface area contributed by atoms with E-state index in [1.807, 2.05) is 18.0 Å². The van der Waals surface area contributed by atoms with Crippen LogP contribution in [0.4, 0.5) is 28.9 Å². The largest absolute Gasteiger partial charge is 0.495 e. The smallest absolute Gasteiger partial charge is 0.447 e. The number of rotatable bonds is 8. The number of nitrogens with one attached hydrogen (secondary N) is 2. The summed E-state index contributed by atoms with van der Waals surface area (Å²) in [4.78, 5) is 16.0. The molecule has 2 aliphatic rings. The fraction of sp³-hybridized carbons (Fsp3) is 0.438. The molecule has 2 fully saturated rings. The van der Waals surface area contributed by atoms with Crippen molar-refractivity contribution < 1.29 is 31.6 Å². The van der Waals surface area contributed by atoms with Crippen molar-refractivity contribution in [3.63, 3.8) is 0 Å². The van der Waals surface area contributed by atoms with Crippen LogP contribution in [0.2, 0.25) is 0 Å². The van der Waals surface area contributed by atoms with E-state index >= 15 is 4.39 Å². The zero-order valence-corrected chi connectivity index (χ0v) is 27.1. The number of quaternary nitrogens is 1. The first-order chi connectivity index (χ1) is 21.4. The van der Waals surface area contributed by atoms with Crippen LogP contribution in [-0.4, -0.2) is 89.3 Å². The van der Waals surface area contributed by atoms with Gasteiger partial charge in [-0.2, -0.15) is 13.2 Å². The molecule has 1 aromatic carbocycles. The maximum absolute atomic E-state index is 16.4. The first-order valence-electron chi connectivity index (χ1n) is 14.6. The highest BCUT2D eigenvalue weighted by atomic mass is 32.2. The van der Waals surface area contributed by atoms with Crippen molar-refractivity contribution in [3.8, 4) is 17.6 Å².